The summed E-state index contributed by atoms with van der Waals surface area (Å²) in [4.78, 5) is 0. The van der Waals surface area contributed by atoms with Crippen molar-refractivity contribution in [1.82, 2.24) is 0 Å². The van der Waals surface area contributed by atoms with Crippen LogP contribution in [0, 0.1) is 0 Å². The third-order valence-electron chi connectivity index (χ3n) is 0. The van der Waals surface area contributed by atoms with Gasteiger partial charge in [-0.05, 0) is 0 Å². The van der Waals surface area contributed by atoms with Crippen molar-refractivity contribution in [3.63, 3.8) is 0 Å². The van der Waals surface area contributed by atoms with Crippen LogP contribution in [0.2, 0.25) is 4.28 Å². The Balaban J connectivity index is -0.0000000800. The number of halogens is 2. The van der Waals surface area contributed by atoms with E-state index in [9.17, 15) is 0 Å². The molecule has 0 fully saturated rings. The van der Waals surface area contributed by atoms with Gasteiger partial charge in [0.25, 0.3) is 0 Å². The Kier molecular flexibility index (Phi) is 14.0. The van der Waals surface area contributed by atoms with Gasteiger partial charge in [-0.25, -0.2) is 0 Å². The molecule has 0 aliphatic carbocycles. The summed E-state index contributed by atoms with van der Waals surface area (Å²) in [7, 11) is 0. The van der Waals surface area contributed by atoms with E-state index >= 15 is 0 Å². The van der Waals surface area contributed by atoms with Crippen molar-refractivity contribution in [3.8, 4) is 0 Å². The van der Waals surface area contributed by atoms with Gasteiger partial charge < -0.3 is 0 Å². The highest BCUT2D eigenvalue weighted by Gasteiger charge is 1.94. The molecule has 0 aliphatic heterocycles. The van der Waals surface area contributed by atoms with Crippen LogP contribution in [0.25, 0.3) is 0 Å². The van der Waals surface area contributed by atoms with Crippen LogP contribution in [0.1, 0.15) is 20.8 Å². The van der Waals surface area contributed by atoms with Gasteiger partial charge in [0.15, 0.2) is 0 Å². The fourth-order valence-corrected chi connectivity index (χ4v) is 0. The normalized spacial score (nSPS) is 8.43. The van der Waals surface area contributed by atoms with Crippen molar-refractivity contribution < 1.29 is 0 Å². The molecule has 0 nitrogen and oxygen atoms in total. The van der Waals surface area contributed by atoms with Crippen molar-refractivity contribution in [3.05, 3.63) is 0 Å². The van der Waals surface area contributed by atoms with Crippen molar-refractivity contribution in [2.75, 3.05) is 0 Å². The molecule has 0 bridgehead atoms. The first-order valence-electron chi connectivity index (χ1n) is 1.79. The smallest absolute Gasteiger partial charge is 0.107 e. The maximum absolute atomic E-state index is 2.72. The Labute approximate surface area is 88.3 Å². The molecule has 0 spiro atoms. The van der Waals surface area contributed by atoms with Crippen LogP contribution < -0.4 is 0 Å². The van der Waals surface area contributed by atoms with Gasteiger partial charge in [0.1, 0.15) is 16.3 Å². The van der Waals surface area contributed by atoms with Gasteiger partial charge in [-0.15, -0.1) is 52.2 Å². The topological polar surface area (TPSA) is 0 Å². The van der Waals surface area contributed by atoms with Crippen LogP contribution in [0.5, 0.6) is 0 Å². The second-order valence-corrected chi connectivity index (χ2v) is 4.10. The van der Waals surface area contributed by atoms with Gasteiger partial charge in [0.2, 0.25) is 0 Å². The lowest BCUT2D eigenvalue weighted by molar-refractivity contribution is 0.767. The molecule has 0 N–H and O–H groups in total. The highest BCUT2D eigenvalue weighted by molar-refractivity contribution is 14.0. The Morgan fingerprint density at radius 3 is 1.00 bits per heavy atom. The van der Waals surface area contributed by atoms with E-state index in [4.69, 9.17) is 0 Å². The predicted molar refractivity (Wildman–Crippen MR) is 56.3 cm³/mol. The zero-order valence-electron chi connectivity index (χ0n) is 4.89. The molecular formula is C4H11AlI2. The van der Waals surface area contributed by atoms with Gasteiger partial charge in [0, 0.05) is 0 Å². The van der Waals surface area contributed by atoms with Gasteiger partial charge in [-0.2, -0.15) is 0 Å². The van der Waals surface area contributed by atoms with Crippen molar-refractivity contribution in [2.45, 2.75) is 25.0 Å². The average Bonchev–Trinajstić information content (AvgIpc) is 0.722. The summed E-state index contributed by atoms with van der Waals surface area (Å²) in [6.45, 7) is 6.45. The van der Waals surface area contributed by atoms with Gasteiger partial charge in [-0.3, -0.25) is 0 Å². The van der Waals surface area contributed by atoms with Gasteiger partial charge in [-0.1, -0.05) is 20.8 Å². The molecule has 0 unspecified atom stereocenters. The second-order valence-electron chi connectivity index (χ2n) is 2.37. The van der Waals surface area contributed by atoms with E-state index in [1.807, 2.05) is 0 Å². The molecule has 0 aromatic rings. The van der Waals surface area contributed by atoms with Crippen LogP contribution in [0.15, 0.2) is 0 Å². The van der Waals surface area contributed by atoms with E-state index in [2.05, 4.69) is 37.1 Å². The summed E-state index contributed by atoms with van der Waals surface area (Å²) in [5.74, 6) is 0. The molecule has 0 aromatic heterocycles. The monoisotopic (exact) mass is 340 g/mol. The first kappa shape index (κ1) is 16.0. The van der Waals surface area contributed by atoms with Crippen molar-refractivity contribution in [2.24, 2.45) is 0 Å². The van der Waals surface area contributed by atoms with E-state index in [1.165, 1.54) is 0 Å². The Morgan fingerprint density at radius 1 is 1.00 bits per heavy atom. The van der Waals surface area contributed by atoms with Gasteiger partial charge in [0.05, 0.1) is 0 Å². The minimum Gasteiger partial charge on any atom is -0.107 e. The first-order chi connectivity index (χ1) is 2.00. The third-order valence-corrected chi connectivity index (χ3v) is 0. The maximum atomic E-state index is 2.72. The van der Waals surface area contributed by atoms with Crippen molar-refractivity contribution in [1.29, 1.82) is 0 Å². The first-order valence-corrected chi connectivity index (χ1v) is 2.37. The Hall–Kier alpha value is 1.99. The third kappa shape index (κ3) is 72.3. The molecule has 0 aliphatic rings. The zero-order valence-corrected chi connectivity index (χ0v) is 10.7. The van der Waals surface area contributed by atoms with E-state index in [-0.39, 0.29) is 48.0 Å². The summed E-state index contributed by atoms with van der Waals surface area (Å²) in [5, 5.41) is 0. The summed E-state index contributed by atoms with van der Waals surface area (Å²) < 4.78 is 0.417. The molecule has 2 radical (unpaired) electrons. The van der Waals surface area contributed by atoms with E-state index in [0.717, 1.165) is 0 Å². The highest BCUT2D eigenvalue weighted by atomic mass is 127. The number of hydrogen-bond acceptors (Lipinski definition) is 0. The lowest BCUT2D eigenvalue weighted by atomic mass is 10.2. The van der Waals surface area contributed by atoms with Crippen LogP contribution in [-0.2, 0) is 0 Å². The molecule has 3 heteroatoms. The van der Waals surface area contributed by atoms with Crippen LogP contribution in [0.4, 0.5) is 0 Å². The lowest BCUT2D eigenvalue weighted by Crippen LogP contribution is -1.90. The summed E-state index contributed by atoms with van der Waals surface area (Å²) >= 11 is 2.72. The fraction of sp³-hybridized carbons (Fsp3) is 1.00. The molecule has 0 rings (SSSR count). The summed E-state index contributed by atoms with van der Waals surface area (Å²) in [5.41, 5.74) is 0. The fourth-order valence-electron chi connectivity index (χ4n) is 0. The Morgan fingerprint density at radius 2 is 1.00 bits per heavy atom. The average molecular weight is 340 g/mol. The predicted octanol–water partition coefficient (Wildman–Crippen LogP) is 2.61. The maximum Gasteiger partial charge on any atom is 0.128 e. The van der Waals surface area contributed by atoms with Crippen LogP contribution >= 0.6 is 48.0 Å². The molecule has 0 atom stereocenters. The van der Waals surface area contributed by atoms with E-state index in [0.29, 0.717) is 4.28 Å². The standard InChI is InChI=1S/C4H9.Al.2HI/c1-4(2)3;;;/h1-3H3;;2*1H. The summed E-state index contributed by atoms with van der Waals surface area (Å²) in [6.07, 6.45) is 0. The highest BCUT2D eigenvalue weighted by Crippen LogP contribution is 2.13. The number of rotatable bonds is 0. The van der Waals surface area contributed by atoms with Crippen LogP contribution in [0.3, 0.4) is 0 Å². The quantitative estimate of drug-likeness (QED) is 0.470. The van der Waals surface area contributed by atoms with E-state index < -0.39 is 0 Å². The molecule has 7 heavy (non-hydrogen) atoms. The van der Waals surface area contributed by atoms with Crippen LogP contribution in [-0.4, -0.2) is 16.3 Å². The minimum absolute atomic E-state index is 0. The molecule has 0 aromatic carbocycles. The SMILES string of the molecule is C[C](C)(C)[Al].I.I. The molecule has 0 heterocycles. The zero-order chi connectivity index (χ0) is 4.50. The molecule has 0 saturated carbocycles. The molecule has 44 valence electrons. The number of hydrogen-bond donors (Lipinski definition) is 0. The van der Waals surface area contributed by atoms with Gasteiger partial charge >= 0.3 is 0 Å². The Bertz CT molecular complexity index is 25.2. The minimum atomic E-state index is 0. The molecular weight excluding hydrogens is 329 g/mol. The summed E-state index contributed by atoms with van der Waals surface area (Å²) in [6, 6.07) is 0. The largest absolute Gasteiger partial charge is 0.128 e. The van der Waals surface area contributed by atoms with E-state index in [1.54, 1.807) is 0 Å². The van der Waals surface area contributed by atoms with Crippen molar-refractivity contribution >= 4 is 64.2 Å². The lowest BCUT2D eigenvalue weighted by Gasteiger charge is -2.06. The second kappa shape index (κ2) is 6.12. The molecule has 0 amide bonds. The molecule has 0 saturated heterocycles.